The van der Waals surface area contributed by atoms with Gasteiger partial charge in [-0.1, -0.05) is 5.16 Å². The second kappa shape index (κ2) is 4.61. The van der Waals surface area contributed by atoms with Crippen LogP contribution in [0.1, 0.15) is 0 Å². The molecule has 3 rings (SSSR count). The smallest absolute Gasteiger partial charge is 0.263 e. The van der Waals surface area contributed by atoms with Crippen LogP contribution < -0.4 is 10.5 Å². The zero-order chi connectivity index (χ0) is 14.1. The molecule has 0 atom stereocenters. The highest BCUT2D eigenvalue weighted by molar-refractivity contribution is 5.67. The maximum absolute atomic E-state index is 5.85. The number of ether oxygens (including phenoxy) is 1. The molecular weight excluding hydrogens is 262 g/mol. The Morgan fingerprint density at radius 2 is 2.15 bits per heavy atom. The molecule has 3 aromatic rings. The van der Waals surface area contributed by atoms with Crippen LogP contribution in [0.25, 0.3) is 23.0 Å². The third-order valence-electron chi connectivity index (χ3n) is 2.72. The van der Waals surface area contributed by atoms with Gasteiger partial charge in [-0.3, -0.25) is 4.68 Å². The quantitative estimate of drug-likeness (QED) is 0.733. The van der Waals surface area contributed by atoms with Crippen LogP contribution in [0.5, 0.6) is 5.88 Å². The van der Waals surface area contributed by atoms with E-state index in [1.54, 1.807) is 25.4 Å². The van der Waals surface area contributed by atoms with Crippen molar-refractivity contribution in [2.24, 2.45) is 7.05 Å². The molecular formula is C11H11N7O2. The summed E-state index contributed by atoms with van der Waals surface area (Å²) in [5.41, 5.74) is 6.90. The van der Waals surface area contributed by atoms with E-state index < -0.39 is 0 Å². The molecule has 0 radical (unpaired) electrons. The van der Waals surface area contributed by atoms with E-state index in [-0.39, 0.29) is 5.89 Å². The summed E-state index contributed by atoms with van der Waals surface area (Å²) in [6.45, 7) is 0. The number of nitrogen functional groups attached to an aromatic ring is 1. The molecule has 0 amide bonds. The number of hydrogen-bond acceptors (Lipinski definition) is 8. The van der Waals surface area contributed by atoms with Gasteiger partial charge < -0.3 is 15.0 Å². The van der Waals surface area contributed by atoms with E-state index >= 15 is 0 Å². The zero-order valence-electron chi connectivity index (χ0n) is 10.8. The molecule has 0 aliphatic heterocycles. The van der Waals surface area contributed by atoms with Crippen molar-refractivity contribution in [3.63, 3.8) is 0 Å². The summed E-state index contributed by atoms with van der Waals surface area (Å²) in [7, 11) is 3.24. The van der Waals surface area contributed by atoms with Crippen molar-refractivity contribution in [3.8, 4) is 28.9 Å². The predicted molar refractivity (Wildman–Crippen MR) is 68.5 cm³/mol. The molecule has 9 nitrogen and oxygen atoms in total. The van der Waals surface area contributed by atoms with Crippen LogP contribution in [0.2, 0.25) is 0 Å². The van der Waals surface area contributed by atoms with Gasteiger partial charge in [0.15, 0.2) is 0 Å². The first-order chi connectivity index (χ1) is 9.69. The van der Waals surface area contributed by atoms with Gasteiger partial charge >= 0.3 is 0 Å². The lowest BCUT2D eigenvalue weighted by Crippen LogP contribution is -1.98. The Hall–Kier alpha value is -2.97. The van der Waals surface area contributed by atoms with Gasteiger partial charge in [0, 0.05) is 13.1 Å². The number of anilines is 1. The van der Waals surface area contributed by atoms with Crippen LogP contribution in [0.3, 0.4) is 0 Å². The second-order valence-electron chi connectivity index (χ2n) is 3.95. The molecule has 0 spiro atoms. The van der Waals surface area contributed by atoms with Gasteiger partial charge in [-0.05, 0) is 6.07 Å². The Kier molecular flexibility index (Phi) is 2.78. The number of aromatic nitrogens is 6. The maximum atomic E-state index is 5.85. The summed E-state index contributed by atoms with van der Waals surface area (Å²) >= 11 is 0. The van der Waals surface area contributed by atoms with E-state index in [1.165, 1.54) is 11.8 Å². The van der Waals surface area contributed by atoms with Crippen LogP contribution in [-0.4, -0.2) is 37.2 Å². The zero-order valence-corrected chi connectivity index (χ0v) is 10.8. The Morgan fingerprint density at radius 1 is 1.30 bits per heavy atom. The molecule has 102 valence electrons. The highest BCUT2D eigenvalue weighted by Gasteiger charge is 2.16. The molecule has 0 bridgehead atoms. The largest absolute Gasteiger partial charge is 0.480 e. The topological polar surface area (TPSA) is 118 Å². The molecule has 20 heavy (non-hydrogen) atoms. The Morgan fingerprint density at radius 3 is 2.75 bits per heavy atom. The van der Waals surface area contributed by atoms with E-state index in [2.05, 4.69) is 25.4 Å². The van der Waals surface area contributed by atoms with Crippen molar-refractivity contribution in [3.05, 3.63) is 18.3 Å². The van der Waals surface area contributed by atoms with Gasteiger partial charge in [0.1, 0.15) is 17.1 Å². The first-order valence-electron chi connectivity index (χ1n) is 5.68. The lowest BCUT2D eigenvalue weighted by atomic mass is 10.3. The molecule has 0 fully saturated rings. The van der Waals surface area contributed by atoms with E-state index in [1.807, 2.05) is 0 Å². The lowest BCUT2D eigenvalue weighted by Gasteiger charge is -1.96. The number of aryl methyl sites for hydroxylation is 1. The Bertz CT molecular complexity index is 732. The van der Waals surface area contributed by atoms with Crippen molar-refractivity contribution in [2.45, 2.75) is 0 Å². The average Bonchev–Trinajstić information content (AvgIpc) is 3.08. The minimum atomic E-state index is 0.281. The Labute approximate surface area is 113 Å². The van der Waals surface area contributed by atoms with Gasteiger partial charge in [-0.15, -0.1) is 10.2 Å². The predicted octanol–water partition coefficient (Wildman–Crippen LogP) is 0.518. The lowest BCUT2D eigenvalue weighted by molar-refractivity contribution is 0.392. The first kappa shape index (κ1) is 12.1. The van der Waals surface area contributed by atoms with E-state index in [4.69, 9.17) is 15.0 Å². The monoisotopic (exact) mass is 273 g/mol. The molecule has 2 N–H and O–H groups in total. The minimum Gasteiger partial charge on any atom is -0.480 e. The minimum absolute atomic E-state index is 0.281. The van der Waals surface area contributed by atoms with Crippen LogP contribution >= 0.6 is 0 Å². The van der Waals surface area contributed by atoms with Crippen LogP contribution in [0, 0.1) is 0 Å². The maximum Gasteiger partial charge on any atom is 0.263 e. The third kappa shape index (κ3) is 1.94. The van der Waals surface area contributed by atoms with E-state index in [0.717, 1.165) is 0 Å². The fraction of sp³-hybridized carbons (Fsp3) is 0.182. The molecule has 0 saturated heterocycles. The normalized spacial score (nSPS) is 10.7. The van der Waals surface area contributed by atoms with Crippen molar-refractivity contribution in [2.75, 3.05) is 12.8 Å². The summed E-state index contributed by atoms with van der Waals surface area (Å²) in [5.74, 6) is 1.46. The second-order valence-corrected chi connectivity index (χ2v) is 3.95. The number of nitrogens with zero attached hydrogens (tertiary/aromatic N) is 6. The van der Waals surface area contributed by atoms with Gasteiger partial charge in [0.25, 0.3) is 5.89 Å². The molecule has 3 aromatic heterocycles. The standard InChI is InChI=1S/C11H11N7O2/c1-18-9(12)6(5-13-18)11-14-10(17-20-11)7-3-4-8(19-2)16-15-7/h3-5H,12H2,1-2H3. The number of methoxy groups -OCH3 is 1. The van der Waals surface area contributed by atoms with Crippen molar-refractivity contribution < 1.29 is 9.26 Å². The molecule has 3 heterocycles. The third-order valence-corrected chi connectivity index (χ3v) is 2.72. The molecule has 0 aliphatic rings. The van der Waals surface area contributed by atoms with Crippen LogP contribution in [-0.2, 0) is 7.05 Å². The molecule has 9 heteroatoms. The van der Waals surface area contributed by atoms with E-state index in [0.29, 0.717) is 28.8 Å². The summed E-state index contributed by atoms with van der Waals surface area (Å²) < 4.78 is 11.6. The number of rotatable bonds is 3. The van der Waals surface area contributed by atoms with Crippen molar-refractivity contribution in [1.82, 2.24) is 30.1 Å². The SMILES string of the molecule is COc1ccc(-c2noc(-c3cnn(C)c3N)n2)nn1. The highest BCUT2D eigenvalue weighted by Crippen LogP contribution is 2.25. The number of nitrogens with two attached hydrogens (primary N) is 1. The van der Waals surface area contributed by atoms with Gasteiger partial charge in [0.05, 0.1) is 13.3 Å². The summed E-state index contributed by atoms with van der Waals surface area (Å²) in [6, 6.07) is 3.35. The van der Waals surface area contributed by atoms with Crippen molar-refractivity contribution in [1.29, 1.82) is 0 Å². The van der Waals surface area contributed by atoms with Gasteiger partial charge in [-0.25, -0.2) is 0 Å². The van der Waals surface area contributed by atoms with Gasteiger partial charge in [-0.2, -0.15) is 10.1 Å². The van der Waals surface area contributed by atoms with Crippen LogP contribution in [0.15, 0.2) is 22.9 Å². The fourth-order valence-corrected chi connectivity index (χ4v) is 1.60. The van der Waals surface area contributed by atoms with Crippen LogP contribution in [0.4, 0.5) is 5.82 Å². The molecule has 0 aromatic carbocycles. The van der Waals surface area contributed by atoms with Crippen molar-refractivity contribution >= 4 is 5.82 Å². The Balaban J connectivity index is 1.95. The molecule has 0 aliphatic carbocycles. The highest BCUT2D eigenvalue weighted by atomic mass is 16.5. The van der Waals surface area contributed by atoms with E-state index in [9.17, 15) is 0 Å². The summed E-state index contributed by atoms with van der Waals surface area (Å²) in [5, 5.41) is 15.6. The first-order valence-corrected chi connectivity index (χ1v) is 5.68. The molecule has 0 saturated carbocycles. The average molecular weight is 273 g/mol. The summed E-state index contributed by atoms with van der Waals surface area (Å²) in [4.78, 5) is 4.23. The van der Waals surface area contributed by atoms with Gasteiger partial charge in [0.2, 0.25) is 11.7 Å². The summed E-state index contributed by atoms with van der Waals surface area (Å²) in [6.07, 6.45) is 1.56. The molecule has 0 unspecified atom stereocenters. The number of hydrogen-bond donors (Lipinski definition) is 1. The fourth-order valence-electron chi connectivity index (χ4n) is 1.60.